The molecule has 6 nitrogen and oxygen atoms in total. The van der Waals surface area contributed by atoms with Crippen LogP contribution in [0.3, 0.4) is 0 Å². The second-order valence-corrected chi connectivity index (χ2v) is 6.48. The van der Waals surface area contributed by atoms with E-state index in [2.05, 4.69) is 10.6 Å². The molecule has 0 saturated carbocycles. The number of hydrogen-bond donors (Lipinski definition) is 2. The number of ether oxygens (including phenoxy) is 2. The fourth-order valence-corrected chi connectivity index (χ4v) is 2.91. The highest BCUT2D eigenvalue weighted by Gasteiger charge is 2.09. The molecular formula is C22H26N2O4. The minimum absolute atomic E-state index is 0.115. The smallest absolute Gasteiger partial charge is 0.244 e. The number of methoxy groups -OCH3 is 2. The minimum atomic E-state index is -0.370. The van der Waals surface area contributed by atoms with Gasteiger partial charge in [0.2, 0.25) is 11.8 Å². The number of rotatable bonds is 7. The van der Waals surface area contributed by atoms with Gasteiger partial charge in [-0.25, -0.2) is 0 Å². The molecule has 6 heteroatoms. The largest absolute Gasteiger partial charge is 0.497 e. The van der Waals surface area contributed by atoms with Crippen LogP contribution < -0.4 is 20.1 Å². The molecule has 0 fully saturated rings. The molecule has 0 radical (unpaired) electrons. The van der Waals surface area contributed by atoms with Crippen LogP contribution in [-0.4, -0.2) is 32.6 Å². The van der Waals surface area contributed by atoms with Gasteiger partial charge in [-0.2, -0.15) is 0 Å². The highest BCUT2D eigenvalue weighted by molar-refractivity contribution is 5.98. The van der Waals surface area contributed by atoms with Gasteiger partial charge in [-0.15, -0.1) is 0 Å². The summed E-state index contributed by atoms with van der Waals surface area (Å²) in [7, 11) is 3.12. The van der Waals surface area contributed by atoms with Gasteiger partial charge in [-0.05, 0) is 50.1 Å². The number of anilines is 1. The van der Waals surface area contributed by atoms with Gasteiger partial charge in [-0.3, -0.25) is 9.59 Å². The maximum atomic E-state index is 12.2. The van der Waals surface area contributed by atoms with Crippen LogP contribution in [0.25, 0.3) is 6.08 Å². The summed E-state index contributed by atoms with van der Waals surface area (Å²) in [6, 6.07) is 9.31. The molecule has 0 saturated heterocycles. The van der Waals surface area contributed by atoms with Gasteiger partial charge in [0.25, 0.3) is 0 Å². The van der Waals surface area contributed by atoms with Gasteiger partial charge < -0.3 is 20.1 Å². The van der Waals surface area contributed by atoms with Crippen molar-refractivity contribution in [2.75, 3.05) is 26.1 Å². The Balaban J connectivity index is 1.94. The quantitative estimate of drug-likeness (QED) is 0.720. The highest BCUT2D eigenvalue weighted by Crippen LogP contribution is 2.25. The summed E-state index contributed by atoms with van der Waals surface area (Å²) in [5.74, 6) is 0.604. The first-order chi connectivity index (χ1) is 13.3. The van der Waals surface area contributed by atoms with E-state index in [0.29, 0.717) is 11.5 Å². The summed E-state index contributed by atoms with van der Waals surface area (Å²) in [5.41, 5.74) is 4.63. The lowest BCUT2D eigenvalue weighted by Gasteiger charge is -2.13. The molecule has 0 bridgehead atoms. The van der Waals surface area contributed by atoms with Crippen LogP contribution in [0.4, 0.5) is 5.69 Å². The normalized spacial score (nSPS) is 10.6. The predicted octanol–water partition coefficient (Wildman–Crippen LogP) is 3.40. The summed E-state index contributed by atoms with van der Waals surface area (Å²) in [5, 5.41) is 5.43. The number of hydrogen-bond acceptors (Lipinski definition) is 4. The van der Waals surface area contributed by atoms with Crippen LogP contribution in [0, 0.1) is 20.8 Å². The van der Waals surface area contributed by atoms with Gasteiger partial charge >= 0.3 is 0 Å². The number of nitrogens with one attached hydrogen (secondary N) is 2. The maximum absolute atomic E-state index is 12.2. The van der Waals surface area contributed by atoms with Gasteiger partial charge in [0.1, 0.15) is 11.5 Å². The predicted molar refractivity (Wildman–Crippen MR) is 111 cm³/mol. The lowest BCUT2D eigenvalue weighted by atomic mass is 10.1. The van der Waals surface area contributed by atoms with Crippen LogP contribution >= 0.6 is 0 Å². The van der Waals surface area contributed by atoms with Crippen LogP contribution in [0.2, 0.25) is 0 Å². The number of benzene rings is 2. The van der Waals surface area contributed by atoms with Crippen LogP contribution in [-0.2, 0) is 9.59 Å². The van der Waals surface area contributed by atoms with Gasteiger partial charge in [0, 0.05) is 23.4 Å². The molecule has 2 N–H and O–H groups in total. The fourth-order valence-electron chi connectivity index (χ4n) is 2.91. The molecule has 0 unspecified atom stereocenters. The monoisotopic (exact) mass is 382 g/mol. The molecule has 0 aromatic heterocycles. The first kappa shape index (κ1) is 21.0. The van der Waals surface area contributed by atoms with Crippen molar-refractivity contribution in [2.24, 2.45) is 0 Å². The van der Waals surface area contributed by atoms with Crippen molar-refractivity contribution < 1.29 is 19.1 Å². The molecule has 148 valence electrons. The topological polar surface area (TPSA) is 76.7 Å². The van der Waals surface area contributed by atoms with Crippen LogP contribution in [0.1, 0.15) is 22.3 Å². The molecule has 0 atom stereocenters. The van der Waals surface area contributed by atoms with E-state index in [1.54, 1.807) is 38.5 Å². The molecule has 0 heterocycles. The molecular weight excluding hydrogens is 356 g/mol. The number of carbonyl (C=O) groups excluding carboxylic acids is 2. The van der Waals surface area contributed by atoms with Crippen LogP contribution in [0.5, 0.6) is 11.5 Å². The average molecular weight is 382 g/mol. The third-order valence-corrected chi connectivity index (χ3v) is 4.22. The van der Waals surface area contributed by atoms with E-state index in [1.165, 1.54) is 6.08 Å². The Kier molecular flexibility index (Phi) is 7.21. The Labute approximate surface area is 165 Å². The second-order valence-electron chi connectivity index (χ2n) is 6.48. The fraction of sp³-hybridized carbons (Fsp3) is 0.273. The number of amides is 2. The third-order valence-electron chi connectivity index (χ3n) is 4.22. The molecule has 2 rings (SSSR count). The first-order valence-electron chi connectivity index (χ1n) is 8.89. The summed E-state index contributed by atoms with van der Waals surface area (Å²) in [6.07, 6.45) is 2.99. The van der Waals surface area contributed by atoms with Gasteiger partial charge in [-0.1, -0.05) is 17.7 Å². The zero-order chi connectivity index (χ0) is 20.7. The van der Waals surface area contributed by atoms with E-state index in [0.717, 1.165) is 27.9 Å². The third kappa shape index (κ3) is 5.61. The van der Waals surface area contributed by atoms with Crippen molar-refractivity contribution in [1.82, 2.24) is 5.32 Å². The molecule has 28 heavy (non-hydrogen) atoms. The van der Waals surface area contributed by atoms with E-state index in [9.17, 15) is 9.59 Å². The van der Waals surface area contributed by atoms with Crippen molar-refractivity contribution >= 4 is 23.6 Å². The molecule has 0 spiro atoms. The summed E-state index contributed by atoms with van der Waals surface area (Å²) >= 11 is 0. The second kappa shape index (κ2) is 9.60. The van der Waals surface area contributed by atoms with Crippen molar-refractivity contribution in [3.05, 3.63) is 58.7 Å². The average Bonchev–Trinajstić information content (AvgIpc) is 2.67. The maximum Gasteiger partial charge on any atom is 0.244 e. The summed E-state index contributed by atoms with van der Waals surface area (Å²) in [6.45, 7) is 5.78. The van der Waals surface area contributed by atoms with Gasteiger partial charge in [0.05, 0.1) is 20.8 Å². The summed E-state index contributed by atoms with van der Waals surface area (Å²) in [4.78, 5) is 24.2. The van der Waals surface area contributed by atoms with Crippen molar-refractivity contribution in [2.45, 2.75) is 20.8 Å². The zero-order valence-electron chi connectivity index (χ0n) is 16.9. The lowest BCUT2D eigenvalue weighted by Crippen LogP contribution is -2.32. The molecule has 0 aliphatic heterocycles. The summed E-state index contributed by atoms with van der Waals surface area (Å²) < 4.78 is 10.4. The number of aryl methyl sites for hydroxylation is 3. The Morgan fingerprint density at radius 1 is 1.00 bits per heavy atom. The van der Waals surface area contributed by atoms with E-state index in [-0.39, 0.29) is 18.4 Å². The Morgan fingerprint density at radius 2 is 1.68 bits per heavy atom. The van der Waals surface area contributed by atoms with Gasteiger partial charge in [0.15, 0.2) is 0 Å². The Bertz CT molecular complexity index is 880. The van der Waals surface area contributed by atoms with E-state index >= 15 is 0 Å². The van der Waals surface area contributed by atoms with Crippen LogP contribution in [0.15, 0.2) is 36.4 Å². The lowest BCUT2D eigenvalue weighted by molar-refractivity contribution is -0.121. The Hall–Kier alpha value is -3.28. The molecule has 2 aromatic carbocycles. The standard InChI is InChI=1S/C22H26N2O4/c1-14-10-15(2)22(16(3)11-14)24-21(26)13-23-20(25)9-7-17-6-8-18(27-4)12-19(17)28-5/h6-12H,13H2,1-5H3,(H,23,25)(H,24,26). The van der Waals surface area contributed by atoms with Crippen molar-refractivity contribution in [3.63, 3.8) is 0 Å². The molecule has 0 aliphatic rings. The SMILES string of the molecule is COc1ccc(C=CC(=O)NCC(=O)Nc2c(C)cc(C)cc2C)c(OC)c1. The minimum Gasteiger partial charge on any atom is -0.497 e. The molecule has 0 aliphatic carbocycles. The Morgan fingerprint density at radius 3 is 2.29 bits per heavy atom. The van der Waals surface area contributed by atoms with Crippen molar-refractivity contribution in [3.8, 4) is 11.5 Å². The van der Waals surface area contributed by atoms with E-state index in [4.69, 9.17) is 9.47 Å². The van der Waals surface area contributed by atoms with Crippen molar-refractivity contribution in [1.29, 1.82) is 0 Å². The number of carbonyl (C=O) groups is 2. The van der Waals surface area contributed by atoms with E-state index < -0.39 is 0 Å². The molecule has 2 amide bonds. The van der Waals surface area contributed by atoms with E-state index in [1.807, 2.05) is 32.9 Å². The highest BCUT2D eigenvalue weighted by atomic mass is 16.5. The first-order valence-corrected chi connectivity index (χ1v) is 8.89. The zero-order valence-corrected chi connectivity index (χ0v) is 16.9. The molecule has 2 aromatic rings.